The highest BCUT2D eigenvalue weighted by Crippen LogP contribution is 2.36. The van der Waals surface area contributed by atoms with Gasteiger partial charge in [0, 0.05) is 5.02 Å². The highest BCUT2D eigenvalue weighted by atomic mass is 35.5. The Morgan fingerprint density at radius 2 is 0.914 bits per heavy atom. The van der Waals surface area contributed by atoms with Gasteiger partial charge in [0.05, 0.1) is 11.2 Å². The van der Waals surface area contributed by atoms with E-state index >= 15 is 0 Å². The third-order valence-corrected chi connectivity index (χ3v) is 12.6. The topological polar surface area (TPSA) is 18.5 Å². The van der Waals surface area contributed by atoms with Crippen LogP contribution in [-0.4, -0.2) is 26.4 Å². The molecule has 0 N–H and O–H groups in total. The number of rotatable bonds is 5. The number of hydrogen-bond acceptors (Lipinski definition) is 2. The van der Waals surface area contributed by atoms with Crippen molar-refractivity contribution in [3.63, 3.8) is 0 Å². The lowest BCUT2D eigenvalue weighted by Crippen LogP contribution is -2.74. The van der Waals surface area contributed by atoms with Gasteiger partial charge in [0.15, 0.2) is 8.07 Å². The van der Waals surface area contributed by atoms with E-state index in [-0.39, 0.29) is 18.3 Å². The van der Waals surface area contributed by atoms with Crippen LogP contribution in [0.5, 0.6) is 0 Å². The van der Waals surface area contributed by atoms with E-state index in [2.05, 4.69) is 125 Å². The summed E-state index contributed by atoms with van der Waals surface area (Å²) >= 11 is 6.33. The van der Waals surface area contributed by atoms with Gasteiger partial charge in [0.2, 0.25) is 0 Å². The fourth-order valence-corrected chi connectivity index (χ4v) is 9.79. The van der Waals surface area contributed by atoms with Gasteiger partial charge < -0.3 is 9.31 Å². The zero-order valence-electron chi connectivity index (χ0n) is 20.7. The van der Waals surface area contributed by atoms with Crippen LogP contribution < -0.4 is 26.2 Å². The van der Waals surface area contributed by atoms with E-state index in [0.717, 1.165) is 10.5 Å². The molecule has 176 valence electrons. The molecule has 0 radical (unpaired) electrons. The summed E-state index contributed by atoms with van der Waals surface area (Å²) in [5.74, 6) is 0. The van der Waals surface area contributed by atoms with Crippen LogP contribution in [0.4, 0.5) is 0 Å². The molecule has 1 aliphatic heterocycles. The van der Waals surface area contributed by atoms with Gasteiger partial charge in [-0.15, -0.1) is 0 Å². The molecule has 0 amide bonds. The van der Waals surface area contributed by atoms with Gasteiger partial charge in [-0.1, -0.05) is 109 Å². The third kappa shape index (κ3) is 4.19. The quantitative estimate of drug-likeness (QED) is 0.307. The summed E-state index contributed by atoms with van der Waals surface area (Å²) in [6, 6.07) is 39.0. The van der Waals surface area contributed by atoms with Crippen LogP contribution in [0, 0.1) is 0 Å². The largest absolute Gasteiger partial charge is 0.494 e. The van der Waals surface area contributed by atoms with Crippen molar-refractivity contribution >= 4 is 53.0 Å². The fraction of sp³-hybridized carbons (Fsp3) is 0.200. The van der Waals surface area contributed by atoms with Gasteiger partial charge in [-0.3, -0.25) is 0 Å². The second-order valence-corrected chi connectivity index (χ2v) is 14.4. The molecule has 1 saturated heterocycles. The van der Waals surface area contributed by atoms with Crippen molar-refractivity contribution < 1.29 is 9.31 Å². The van der Waals surface area contributed by atoms with Crippen molar-refractivity contribution in [1.82, 2.24) is 0 Å². The Kier molecular flexibility index (Phi) is 6.27. The maximum Gasteiger partial charge on any atom is 0.494 e. The standard InChI is InChI=1S/C30H30BClO2Si/c1-29(2)30(3,4)34-31(33-29)23-15-19-27(20-16-23)35(25-11-7-5-8-12-25,26-13-9-6-10-14-26)28-21-17-24(32)18-22-28/h5-22H,1-4H3. The predicted octanol–water partition coefficient (Wildman–Crippen LogP) is 4.02. The molecule has 0 spiro atoms. The highest BCUT2D eigenvalue weighted by molar-refractivity contribution is 7.19. The average Bonchev–Trinajstić information content (AvgIpc) is 3.09. The van der Waals surface area contributed by atoms with Gasteiger partial charge >= 0.3 is 7.12 Å². The number of hydrogen-bond donors (Lipinski definition) is 0. The number of benzene rings is 4. The maximum atomic E-state index is 6.33. The molecular weight excluding hydrogens is 467 g/mol. The van der Waals surface area contributed by atoms with Crippen LogP contribution in [0.3, 0.4) is 0 Å². The Hall–Kier alpha value is -2.63. The molecule has 5 rings (SSSR count). The van der Waals surface area contributed by atoms with E-state index in [9.17, 15) is 0 Å². The van der Waals surface area contributed by atoms with Crippen LogP contribution in [0.25, 0.3) is 0 Å². The van der Waals surface area contributed by atoms with Crippen LogP contribution in [0.15, 0.2) is 109 Å². The minimum atomic E-state index is -2.58. The second-order valence-electron chi connectivity index (χ2n) is 10.2. The molecule has 35 heavy (non-hydrogen) atoms. The van der Waals surface area contributed by atoms with E-state index < -0.39 is 8.07 Å². The van der Waals surface area contributed by atoms with Crippen LogP contribution in [-0.2, 0) is 9.31 Å². The van der Waals surface area contributed by atoms with Crippen molar-refractivity contribution in [2.45, 2.75) is 38.9 Å². The molecule has 2 nitrogen and oxygen atoms in total. The summed E-state index contributed by atoms with van der Waals surface area (Å²) < 4.78 is 12.6. The molecule has 0 atom stereocenters. The van der Waals surface area contributed by atoms with Gasteiger partial charge in [-0.25, -0.2) is 0 Å². The first-order valence-electron chi connectivity index (χ1n) is 12.1. The highest BCUT2D eigenvalue weighted by Gasteiger charge is 2.52. The minimum absolute atomic E-state index is 0.369. The van der Waals surface area contributed by atoms with E-state index in [1.807, 2.05) is 12.1 Å². The van der Waals surface area contributed by atoms with Crippen molar-refractivity contribution in [2.24, 2.45) is 0 Å². The number of halogens is 1. The molecule has 0 bridgehead atoms. The second kappa shape index (κ2) is 9.11. The molecule has 0 saturated carbocycles. The SMILES string of the molecule is CC1(C)OB(c2ccc([Si](c3ccccc3)(c3ccccc3)c3ccc(Cl)cc3)cc2)OC1(C)C. The molecule has 0 unspecified atom stereocenters. The molecule has 1 aliphatic rings. The van der Waals surface area contributed by atoms with Crippen LogP contribution in [0.1, 0.15) is 27.7 Å². The van der Waals surface area contributed by atoms with Crippen LogP contribution >= 0.6 is 11.6 Å². The van der Waals surface area contributed by atoms with Crippen molar-refractivity contribution in [2.75, 3.05) is 0 Å². The monoisotopic (exact) mass is 496 g/mol. The Balaban J connectivity index is 1.69. The Morgan fingerprint density at radius 1 is 0.543 bits per heavy atom. The molecule has 4 aromatic carbocycles. The zero-order chi connectivity index (χ0) is 24.7. The summed E-state index contributed by atoms with van der Waals surface area (Å²) in [4.78, 5) is 0. The Bertz CT molecular complexity index is 1230. The smallest absolute Gasteiger partial charge is 0.399 e. The van der Waals surface area contributed by atoms with Crippen molar-refractivity contribution in [3.05, 3.63) is 114 Å². The molecule has 0 aliphatic carbocycles. The van der Waals surface area contributed by atoms with E-state index in [0.29, 0.717) is 0 Å². The molecule has 1 heterocycles. The van der Waals surface area contributed by atoms with E-state index in [1.165, 1.54) is 20.7 Å². The normalized spacial score (nSPS) is 16.9. The summed E-state index contributed by atoms with van der Waals surface area (Å²) in [5, 5.41) is 6.00. The fourth-order valence-electron chi connectivity index (χ4n) is 4.95. The molecule has 0 aromatic heterocycles. The van der Waals surface area contributed by atoms with Gasteiger partial charge in [-0.2, -0.15) is 0 Å². The lowest BCUT2D eigenvalue weighted by Gasteiger charge is -2.34. The predicted molar refractivity (Wildman–Crippen MR) is 151 cm³/mol. The Morgan fingerprint density at radius 3 is 1.34 bits per heavy atom. The van der Waals surface area contributed by atoms with Gasteiger partial charge in [0.25, 0.3) is 0 Å². The van der Waals surface area contributed by atoms with E-state index in [1.54, 1.807) is 0 Å². The summed E-state index contributed by atoms with van der Waals surface area (Å²) in [6.07, 6.45) is 0. The van der Waals surface area contributed by atoms with Crippen molar-refractivity contribution in [3.8, 4) is 0 Å². The lowest BCUT2D eigenvalue weighted by atomic mass is 9.79. The van der Waals surface area contributed by atoms with Crippen molar-refractivity contribution in [1.29, 1.82) is 0 Å². The average molecular weight is 497 g/mol. The summed E-state index contributed by atoms with van der Waals surface area (Å²) in [6.45, 7) is 8.35. The van der Waals surface area contributed by atoms with Gasteiger partial charge in [0.1, 0.15) is 0 Å². The zero-order valence-corrected chi connectivity index (χ0v) is 22.4. The third-order valence-electron chi connectivity index (χ3n) is 7.56. The molecular formula is C30H30BClO2Si. The Labute approximate surface area is 215 Å². The maximum absolute atomic E-state index is 6.33. The van der Waals surface area contributed by atoms with Crippen LogP contribution in [0.2, 0.25) is 5.02 Å². The lowest BCUT2D eigenvalue weighted by molar-refractivity contribution is 0.00578. The molecule has 4 aromatic rings. The molecule has 5 heteroatoms. The minimum Gasteiger partial charge on any atom is -0.399 e. The first-order chi connectivity index (χ1) is 16.7. The summed E-state index contributed by atoms with van der Waals surface area (Å²) in [5.41, 5.74) is 0.297. The first kappa shape index (κ1) is 24.1. The molecule has 1 fully saturated rings. The van der Waals surface area contributed by atoms with Gasteiger partial charge in [-0.05, 0) is 66.0 Å². The summed E-state index contributed by atoms with van der Waals surface area (Å²) in [7, 11) is -2.96. The first-order valence-corrected chi connectivity index (χ1v) is 14.4. The van der Waals surface area contributed by atoms with E-state index in [4.69, 9.17) is 20.9 Å².